The summed E-state index contributed by atoms with van der Waals surface area (Å²) >= 11 is 0. The number of carbonyl (C=O) groups excluding carboxylic acids is 1. The van der Waals surface area contributed by atoms with Crippen molar-refractivity contribution in [1.82, 2.24) is 0 Å². The third kappa shape index (κ3) is 2.57. The average molecular weight is 264 g/mol. The molecule has 96 valence electrons. The molecular weight excluding hydrogens is 259 g/mol. The third-order valence-corrected chi connectivity index (χ3v) is 1.88. The molecule has 1 aromatic rings. The Morgan fingerprint density at radius 1 is 1.06 bits per heavy atom. The zero-order chi connectivity index (χ0) is 13.9. The lowest BCUT2D eigenvalue weighted by Crippen LogP contribution is -2.10. The van der Waals surface area contributed by atoms with Gasteiger partial charge in [-0.1, -0.05) is 6.58 Å². The van der Waals surface area contributed by atoms with Gasteiger partial charge in [-0.25, -0.2) is 26.7 Å². The van der Waals surface area contributed by atoms with Crippen LogP contribution in [-0.2, 0) is 16.1 Å². The summed E-state index contributed by atoms with van der Waals surface area (Å²) in [7, 11) is 0. The van der Waals surface area contributed by atoms with E-state index in [1.807, 2.05) is 5.73 Å². The van der Waals surface area contributed by atoms with Gasteiger partial charge in [-0.15, -0.1) is 5.73 Å². The van der Waals surface area contributed by atoms with Gasteiger partial charge in [0.05, 0.1) is 11.6 Å². The summed E-state index contributed by atoms with van der Waals surface area (Å²) in [6.07, 6.45) is 0.700. The van der Waals surface area contributed by atoms with Gasteiger partial charge in [0.1, 0.15) is 6.61 Å². The van der Waals surface area contributed by atoms with E-state index in [0.29, 0.717) is 6.08 Å². The lowest BCUT2D eigenvalue weighted by molar-refractivity contribution is -0.139. The highest BCUT2D eigenvalue weighted by molar-refractivity contribution is 5.81. The Labute approximate surface area is 98.0 Å². The SMILES string of the molecule is C=C=CC(=O)OCc1c(F)c(F)c(F)c(F)c1F. The van der Waals surface area contributed by atoms with Crippen molar-refractivity contribution in [3.63, 3.8) is 0 Å². The smallest absolute Gasteiger partial charge is 0.338 e. The van der Waals surface area contributed by atoms with Gasteiger partial charge >= 0.3 is 5.97 Å². The minimum atomic E-state index is -2.27. The molecule has 0 fully saturated rings. The van der Waals surface area contributed by atoms with Crippen molar-refractivity contribution in [2.75, 3.05) is 0 Å². The molecule has 0 aliphatic heterocycles. The van der Waals surface area contributed by atoms with E-state index in [-0.39, 0.29) is 0 Å². The molecule has 0 radical (unpaired) electrons. The molecule has 2 nitrogen and oxygen atoms in total. The summed E-state index contributed by atoms with van der Waals surface area (Å²) in [4.78, 5) is 10.8. The maximum atomic E-state index is 13.1. The fraction of sp³-hybridized carbons (Fsp3) is 0.0909. The molecule has 0 unspecified atom stereocenters. The lowest BCUT2D eigenvalue weighted by atomic mass is 10.2. The van der Waals surface area contributed by atoms with Gasteiger partial charge in [0.15, 0.2) is 23.3 Å². The van der Waals surface area contributed by atoms with Gasteiger partial charge in [0.2, 0.25) is 5.82 Å². The van der Waals surface area contributed by atoms with Crippen LogP contribution in [0.2, 0.25) is 0 Å². The maximum absolute atomic E-state index is 13.1. The van der Waals surface area contributed by atoms with Gasteiger partial charge in [0, 0.05) is 0 Å². The summed E-state index contributed by atoms with van der Waals surface area (Å²) in [6.45, 7) is 1.94. The number of halogens is 5. The van der Waals surface area contributed by atoms with Crippen molar-refractivity contribution in [1.29, 1.82) is 0 Å². The molecule has 7 heteroatoms. The summed E-state index contributed by atoms with van der Waals surface area (Å²) in [5.41, 5.74) is 0.795. The molecule has 0 bridgehead atoms. The van der Waals surface area contributed by atoms with Crippen LogP contribution < -0.4 is 0 Å². The second-order valence-corrected chi connectivity index (χ2v) is 3.00. The first-order valence-electron chi connectivity index (χ1n) is 4.43. The van der Waals surface area contributed by atoms with Crippen molar-refractivity contribution in [2.45, 2.75) is 6.61 Å². The van der Waals surface area contributed by atoms with Crippen LogP contribution in [0.4, 0.5) is 22.0 Å². The molecule has 0 aliphatic rings. The van der Waals surface area contributed by atoms with Gasteiger partial charge in [0.25, 0.3) is 0 Å². The minimum Gasteiger partial charge on any atom is -0.457 e. The van der Waals surface area contributed by atoms with Crippen molar-refractivity contribution < 1.29 is 31.5 Å². The molecule has 0 saturated carbocycles. The molecule has 0 aromatic heterocycles. The van der Waals surface area contributed by atoms with E-state index in [2.05, 4.69) is 11.3 Å². The first-order chi connectivity index (χ1) is 8.40. The fourth-order valence-corrected chi connectivity index (χ4v) is 1.05. The number of benzene rings is 1. The van der Waals surface area contributed by atoms with Crippen LogP contribution in [0.5, 0.6) is 0 Å². The number of esters is 1. The Morgan fingerprint density at radius 3 is 1.94 bits per heavy atom. The Balaban J connectivity index is 3.10. The van der Waals surface area contributed by atoms with E-state index >= 15 is 0 Å². The lowest BCUT2D eigenvalue weighted by Gasteiger charge is -2.07. The van der Waals surface area contributed by atoms with Crippen LogP contribution in [0.3, 0.4) is 0 Å². The number of hydrogen-bond acceptors (Lipinski definition) is 2. The fourth-order valence-electron chi connectivity index (χ4n) is 1.05. The largest absolute Gasteiger partial charge is 0.457 e. The van der Waals surface area contributed by atoms with Gasteiger partial charge in [-0.05, 0) is 0 Å². The molecule has 18 heavy (non-hydrogen) atoms. The molecule has 0 atom stereocenters. The first kappa shape index (κ1) is 13.9. The molecule has 0 amide bonds. The standard InChI is InChI=1S/C11H5F5O2/c1-2-3-6(17)18-4-5-7(12)9(14)11(16)10(15)8(5)13/h3H,1,4H2. The summed E-state index contributed by atoms with van der Waals surface area (Å²) in [6, 6.07) is 0. The van der Waals surface area contributed by atoms with E-state index in [9.17, 15) is 26.7 Å². The van der Waals surface area contributed by atoms with Crippen molar-refractivity contribution in [3.8, 4) is 0 Å². The summed E-state index contributed by atoms with van der Waals surface area (Å²) in [5.74, 6) is -11.6. The molecule has 0 heterocycles. The predicted octanol–water partition coefficient (Wildman–Crippen LogP) is 2.77. The van der Waals surface area contributed by atoms with Gasteiger partial charge in [-0.2, -0.15) is 0 Å². The number of ether oxygens (including phenoxy) is 1. The van der Waals surface area contributed by atoms with E-state index in [4.69, 9.17) is 0 Å². The van der Waals surface area contributed by atoms with E-state index in [0.717, 1.165) is 0 Å². The first-order valence-corrected chi connectivity index (χ1v) is 4.43. The van der Waals surface area contributed by atoms with Crippen LogP contribution >= 0.6 is 0 Å². The predicted molar refractivity (Wildman–Crippen MR) is 49.7 cm³/mol. The highest BCUT2D eigenvalue weighted by Gasteiger charge is 2.26. The molecule has 0 N–H and O–H groups in total. The summed E-state index contributed by atoms with van der Waals surface area (Å²) < 4.78 is 68.6. The number of hydrogen-bond donors (Lipinski definition) is 0. The van der Waals surface area contributed by atoms with E-state index in [1.54, 1.807) is 0 Å². The van der Waals surface area contributed by atoms with Crippen LogP contribution in [-0.4, -0.2) is 5.97 Å². The van der Waals surface area contributed by atoms with Gasteiger partial charge < -0.3 is 4.74 Å². The second kappa shape index (κ2) is 5.46. The monoisotopic (exact) mass is 264 g/mol. The van der Waals surface area contributed by atoms with Crippen LogP contribution in [0.25, 0.3) is 0 Å². The zero-order valence-corrected chi connectivity index (χ0v) is 8.70. The van der Waals surface area contributed by atoms with E-state index in [1.165, 1.54) is 0 Å². The molecule has 1 rings (SSSR count). The maximum Gasteiger partial charge on any atom is 0.338 e. The Bertz CT molecular complexity index is 518. The Kier molecular flexibility index (Phi) is 4.23. The van der Waals surface area contributed by atoms with Crippen molar-refractivity contribution in [2.24, 2.45) is 0 Å². The minimum absolute atomic E-state index is 0.700. The van der Waals surface area contributed by atoms with E-state index < -0.39 is 47.2 Å². The highest BCUT2D eigenvalue weighted by Crippen LogP contribution is 2.23. The van der Waals surface area contributed by atoms with Crippen molar-refractivity contribution >= 4 is 5.97 Å². The number of rotatable bonds is 3. The van der Waals surface area contributed by atoms with Crippen molar-refractivity contribution in [3.05, 3.63) is 53.0 Å². The third-order valence-electron chi connectivity index (χ3n) is 1.88. The molecule has 0 aliphatic carbocycles. The average Bonchev–Trinajstić information content (AvgIpc) is 2.34. The molecular formula is C11H5F5O2. The topological polar surface area (TPSA) is 26.3 Å². The highest BCUT2D eigenvalue weighted by atomic mass is 19.2. The second-order valence-electron chi connectivity index (χ2n) is 3.00. The molecule has 0 saturated heterocycles. The molecule has 0 spiro atoms. The zero-order valence-electron chi connectivity index (χ0n) is 8.70. The van der Waals surface area contributed by atoms with Crippen LogP contribution in [0.1, 0.15) is 5.56 Å². The normalized spacial score (nSPS) is 9.83. The summed E-state index contributed by atoms with van der Waals surface area (Å²) in [5, 5.41) is 0. The Morgan fingerprint density at radius 2 is 1.50 bits per heavy atom. The quantitative estimate of drug-likeness (QED) is 0.209. The van der Waals surface area contributed by atoms with Crippen LogP contribution in [0.15, 0.2) is 18.4 Å². The molecule has 1 aromatic carbocycles. The van der Waals surface area contributed by atoms with Gasteiger partial charge in [-0.3, -0.25) is 0 Å². The Hall–Kier alpha value is -2.14. The number of carbonyl (C=O) groups is 1. The van der Waals surface area contributed by atoms with Crippen LogP contribution in [0, 0.1) is 29.1 Å².